The second-order valence-corrected chi connectivity index (χ2v) is 9.40. The molecule has 0 bridgehead atoms. The Bertz CT molecular complexity index is 1080. The van der Waals surface area contributed by atoms with Gasteiger partial charge in [-0.05, 0) is 54.1 Å². The van der Waals surface area contributed by atoms with Crippen molar-refractivity contribution in [3.05, 3.63) is 70.4 Å². The molecule has 2 aliphatic rings. The molecule has 3 aromatic rings. The maximum absolute atomic E-state index is 13.7. The molecule has 0 unspecified atom stereocenters. The van der Waals surface area contributed by atoms with Crippen LogP contribution in [0.4, 0.5) is 5.69 Å². The van der Waals surface area contributed by atoms with Crippen LogP contribution in [-0.4, -0.2) is 43.7 Å². The van der Waals surface area contributed by atoms with Crippen LogP contribution in [0.5, 0.6) is 17.2 Å². The maximum atomic E-state index is 13.7. The second kappa shape index (κ2) is 9.85. The lowest BCUT2D eigenvalue weighted by Gasteiger charge is -2.28. The summed E-state index contributed by atoms with van der Waals surface area (Å²) >= 11 is 1.66. The third kappa shape index (κ3) is 5.31. The van der Waals surface area contributed by atoms with Gasteiger partial charge in [0.25, 0.3) is 0 Å². The SMILES string of the molecule is COc1ccc(CN(CC(=O)N(Cc2cccs2)c2ccc3c(c2)OCCO3)C2CC2)cc1. The first-order valence-corrected chi connectivity index (χ1v) is 12.2. The fraction of sp³-hybridized carbons (Fsp3) is 0.346. The fourth-order valence-corrected chi connectivity index (χ4v) is 4.75. The predicted molar refractivity (Wildman–Crippen MR) is 129 cm³/mol. The summed E-state index contributed by atoms with van der Waals surface area (Å²) < 4.78 is 16.7. The molecule has 7 heteroatoms. The average molecular weight is 465 g/mol. The molecule has 1 amide bonds. The molecule has 5 rings (SSSR count). The van der Waals surface area contributed by atoms with Crippen molar-refractivity contribution in [2.24, 2.45) is 0 Å². The lowest BCUT2D eigenvalue weighted by atomic mass is 10.2. The van der Waals surface area contributed by atoms with Crippen LogP contribution in [0.2, 0.25) is 0 Å². The Morgan fingerprint density at radius 1 is 1.03 bits per heavy atom. The Labute approximate surface area is 198 Å². The molecule has 0 N–H and O–H groups in total. The molecule has 172 valence electrons. The highest BCUT2D eigenvalue weighted by Crippen LogP contribution is 2.35. The van der Waals surface area contributed by atoms with Gasteiger partial charge in [0.2, 0.25) is 5.91 Å². The van der Waals surface area contributed by atoms with E-state index in [2.05, 4.69) is 23.1 Å². The number of amides is 1. The summed E-state index contributed by atoms with van der Waals surface area (Å²) in [6.07, 6.45) is 2.27. The normalized spacial score (nSPS) is 14.8. The number of carbonyl (C=O) groups excluding carboxylic acids is 1. The molecule has 1 aliphatic carbocycles. The van der Waals surface area contributed by atoms with Crippen molar-refractivity contribution in [2.45, 2.75) is 32.0 Å². The van der Waals surface area contributed by atoms with E-state index in [9.17, 15) is 4.79 Å². The van der Waals surface area contributed by atoms with Crippen LogP contribution in [-0.2, 0) is 17.9 Å². The zero-order chi connectivity index (χ0) is 22.6. The van der Waals surface area contributed by atoms with Gasteiger partial charge in [0.15, 0.2) is 11.5 Å². The number of hydrogen-bond acceptors (Lipinski definition) is 6. The summed E-state index contributed by atoms with van der Waals surface area (Å²) in [6, 6.07) is 18.4. The van der Waals surface area contributed by atoms with Crippen molar-refractivity contribution < 1.29 is 19.0 Å². The van der Waals surface area contributed by atoms with Crippen molar-refractivity contribution >= 4 is 22.9 Å². The molecular weight excluding hydrogens is 436 g/mol. The van der Waals surface area contributed by atoms with E-state index in [1.807, 2.05) is 46.7 Å². The lowest BCUT2D eigenvalue weighted by molar-refractivity contribution is -0.120. The minimum absolute atomic E-state index is 0.0838. The lowest BCUT2D eigenvalue weighted by Crippen LogP contribution is -2.40. The van der Waals surface area contributed by atoms with Crippen LogP contribution in [0.25, 0.3) is 0 Å². The minimum atomic E-state index is 0.0838. The van der Waals surface area contributed by atoms with Crippen molar-refractivity contribution in [3.8, 4) is 17.2 Å². The zero-order valence-electron chi connectivity index (χ0n) is 18.7. The summed E-state index contributed by atoms with van der Waals surface area (Å²) in [4.78, 5) is 19.0. The maximum Gasteiger partial charge on any atom is 0.241 e. The molecule has 0 saturated heterocycles. The van der Waals surface area contributed by atoms with Crippen LogP contribution in [0.15, 0.2) is 60.0 Å². The Hall–Kier alpha value is -3.03. The Balaban J connectivity index is 1.36. The third-order valence-electron chi connectivity index (χ3n) is 5.98. The minimum Gasteiger partial charge on any atom is -0.497 e. The molecule has 0 atom stereocenters. The molecule has 0 spiro atoms. The average Bonchev–Trinajstić information content (AvgIpc) is 3.58. The van der Waals surface area contributed by atoms with Gasteiger partial charge in [0, 0.05) is 29.2 Å². The number of methoxy groups -OCH3 is 1. The van der Waals surface area contributed by atoms with E-state index < -0.39 is 0 Å². The summed E-state index contributed by atoms with van der Waals surface area (Å²) in [5.41, 5.74) is 2.01. The smallest absolute Gasteiger partial charge is 0.241 e. The molecular formula is C26H28N2O4S. The Morgan fingerprint density at radius 2 is 1.82 bits per heavy atom. The van der Waals surface area contributed by atoms with Crippen LogP contribution in [0, 0.1) is 0 Å². The molecule has 1 saturated carbocycles. The quantitative estimate of drug-likeness (QED) is 0.458. The van der Waals surface area contributed by atoms with Gasteiger partial charge in [-0.15, -0.1) is 11.3 Å². The number of hydrogen-bond donors (Lipinski definition) is 0. The summed E-state index contributed by atoms with van der Waals surface area (Å²) in [7, 11) is 1.67. The monoisotopic (exact) mass is 464 g/mol. The number of fused-ring (bicyclic) bond motifs is 1. The van der Waals surface area contributed by atoms with E-state index in [4.69, 9.17) is 14.2 Å². The van der Waals surface area contributed by atoms with Crippen LogP contribution >= 0.6 is 11.3 Å². The molecule has 0 radical (unpaired) electrons. The van der Waals surface area contributed by atoms with E-state index in [0.717, 1.165) is 41.4 Å². The van der Waals surface area contributed by atoms with Crippen molar-refractivity contribution in [1.82, 2.24) is 4.90 Å². The number of nitrogens with zero attached hydrogens (tertiary/aromatic N) is 2. The molecule has 33 heavy (non-hydrogen) atoms. The number of rotatable bonds is 9. The van der Waals surface area contributed by atoms with E-state index in [1.54, 1.807) is 18.4 Å². The van der Waals surface area contributed by atoms with Crippen molar-refractivity contribution in [1.29, 1.82) is 0 Å². The standard InChI is InChI=1S/C26H28N2O4S/c1-30-22-9-4-19(5-10-22)16-27(20-6-7-20)18-26(29)28(17-23-3-2-14-33-23)21-8-11-24-25(15-21)32-13-12-31-24/h2-5,8-11,14-15,20H,6-7,12-13,16-18H2,1H3. The first-order valence-electron chi connectivity index (χ1n) is 11.3. The van der Waals surface area contributed by atoms with Crippen LogP contribution < -0.4 is 19.1 Å². The number of thiophene rings is 1. The third-order valence-corrected chi connectivity index (χ3v) is 6.84. The van der Waals surface area contributed by atoms with E-state index in [0.29, 0.717) is 38.1 Å². The van der Waals surface area contributed by atoms with E-state index in [-0.39, 0.29) is 5.91 Å². The van der Waals surface area contributed by atoms with Gasteiger partial charge >= 0.3 is 0 Å². The first-order chi connectivity index (χ1) is 16.2. The number of ether oxygens (including phenoxy) is 3. The van der Waals surface area contributed by atoms with Gasteiger partial charge in [-0.1, -0.05) is 18.2 Å². The molecule has 1 fully saturated rings. The zero-order valence-corrected chi connectivity index (χ0v) is 19.6. The summed E-state index contributed by atoms with van der Waals surface area (Å²) in [5.74, 6) is 2.35. The topological polar surface area (TPSA) is 51.2 Å². The first kappa shape index (κ1) is 21.8. The van der Waals surface area contributed by atoms with Gasteiger partial charge in [-0.3, -0.25) is 9.69 Å². The van der Waals surface area contributed by atoms with Crippen LogP contribution in [0.1, 0.15) is 23.3 Å². The van der Waals surface area contributed by atoms with Crippen LogP contribution in [0.3, 0.4) is 0 Å². The largest absolute Gasteiger partial charge is 0.497 e. The van der Waals surface area contributed by atoms with Gasteiger partial charge in [0.1, 0.15) is 19.0 Å². The number of anilines is 1. The van der Waals surface area contributed by atoms with Crippen molar-refractivity contribution in [2.75, 3.05) is 31.8 Å². The van der Waals surface area contributed by atoms with Gasteiger partial charge in [0.05, 0.1) is 20.2 Å². The fourth-order valence-electron chi connectivity index (χ4n) is 4.06. The second-order valence-electron chi connectivity index (χ2n) is 8.37. The molecule has 2 heterocycles. The Kier molecular flexibility index (Phi) is 6.51. The highest BCUT2D eigenvalue weighted by atomic mass is 32.1. The van der Waals surface area contributed by atoms with E-state index in [1.165, 1.54) is 5.56 Å². The molecule has 6 nitrogen and oxygen atoms in total. The Morgan fingerprint density at radius 3 is 2.52 bits per heavy atom. The summed E-state index contributed by atoms with van der Waals surface area (Å²) in [5, 5.41) is 2.04. The molecule has 2 aromatic carbocycles. The molecule has 1 aliphatic heterocycles. The van der Waals surface area contributed by atoms with Gasteiger partial charge < -0.3 is 19.1 Å². The van der Waals surface area contributed by atoms with E-state index >= 15 is 0 Å². The van der Waals surface area contributed by atoms with Gasteiger partial charge in [-0.2, -0.15) is 0 Å². The highest BCUT2D eigenvalue weighted by molar-refractivity contribution is 7.09. The predicted octanol–water partition coefficient (Wildman–Crippen LogP) is 4.73. The summed E-state index contributed by atoms with van der Waals surface area (Å²) in [6.45, 7) is 2.72. The molecule has 1 aromatic heterocycles. The highest BCUT2D eigenvalue weighted by Gasteiger charge is 2.32. The number of carbonyl (C=O) groups is 1. The van der Waals surface area contributed by atoms with Crippen molar-refractivity contribution in [3.63, 3.8) is 0 Å². The van der Waals surface area contributed by atoms with Gasteiger partial charge in [-0.25, -0.2) is 0 Å². The number of benzene rings is 2.